The Morgan fingerprint density at radius 1 is 1.12 bits per heavy atom. The lowest BCUT2D eigenvalue weighted by Gasteiger charge is -2.41. The summed E-state index contributed by atoms with van der Waals surface area (Å²) in [5, 5.41) is 10.5. The number of piperidine rings is 1. The maximum Gasteiger partial charge on any atom is 0.137 e. The van der Waals surface area contributed by atoms with Gasteiger partial charge < -0.3 is 14.7 Å². The first-order chi connectivity index (χ1) is 11.6. The van der Waals surface area contributed by atoms with Gasteiger partial charge in [0, 0.05) is 5.92 Å². The van der Waals surface area contributed by atoms with Crippen molar-refractivity contribution >= 4 is 0 Å². The molecule has 1 unspecified atom stereocenters. The van der Waals surface area contributed by atoms with E-state index in [2.05, 4.69) is 26.0 Å². The smallest absolute Gasteiger partial charge is 0.137 e. The second-order valence-corrected chi connectivity index (χ2v) is 8.06. The first-order valence-corrected chi connectivity index (χ1v) is 9.89. The van der Waals surface area contributed by atoms with Gasteiger partial charge in [-0.2, -0.15) is 0 Å². The minimum Gasteiger partial charge on any atom is -0.490 e. The van der Waals surface area contributed by atoms with Gasteiger partial charge in [0.1, 0.15) is 25.0 Å². The summed E-state index contributed by atoms with van der Waals surface area (Å²) in [6, 6.07) is 8.99. The van der Waals surface area contributed by atoms with Crippen molar-refractivity contribution in [3.63, 3.8) is 0 Å². The van der Waals surface area contributed by atoms with Crippen molar-refractivity contribution in [2.75, 3.05) is 19.7 Å². The average molecular weight is 333 g/mol. The lowest BCUT2D eigenvalue weighted by Crippen LogP contribution is -3.18. The zero-order valence-corrected chi connectivity index (χ0v) is 15.3. The van der Waals surface area contributed by atoms with Gasteiger partial charge in [-0.15, -0.1) is 0 Å². The molecule has 1 aromatic carbocycles. The number of para-hydroxylation sites is 1. The molecule has 3 rings (SSSR count). The van der Waals surface area contributed by atoms with Crippen LogP contribution < -0.4 is 9.64 Å². The second kappa shape index (κ2) is 8.35. The van der Waals surface area contributed by atoms with E-state index in [9.17, 15) is 5.11 Å². The molecule has 0 bridgehead atoms. The highest BCUT2D eigenvalue weighted by Gasteiger charge is 2.37. The molecule has 0 aromatic heterocycles. The topological polar surface area (TPSA) is 33.9 Å². The number of fused-ring (bicyclic) bond motifs is 1. The maximum absolute atomic E-state index is 10.5. The van der Waals surface area contributed by atoms with Crippen LogP contribution in [0, 0.1) is 5.92 Å². The summed E-state index contributed by atoms with van der Waals surface area (Å²) in [5.41, 5.74) is 1.22. The maximum atomic E-state index is 10.5. The van der Waals surface area contributed by atoms with Crippen LogP contribution in [0.1, 0.15) is 63.9 Å². The van der Waals surface area contributed by atoms with Crippen molar-refractivity contribution in [1.82, 2.24) is 0 Å². The van der Waals surface area contributed by atoms with E-state index in [4.69, 9.17) is 4.74 Å². The number of likely N-dealkylation sites (tertiary alicyclic amines) is 1. The fourth-order valence-corrected chi connectivity index (χ4v) is 4.76. The molecular formula is C21H34NO2+. The Morgan fingerprint density at radius 3 is 2.71 bits per heavy atom. The van der Waals surface area contributed by atoms with Crippen LogP contribution in [0.3, 0.4) is 0 Å². The molecule has 0 radical (unpaired) electrons. The van der Waals surface area contributed by atoms with Gasteiger partial charge in [-0.05, 0) is 49.7 Å². The zero-order chi connectivity index (χ0) is 16.9. The van der Waals surface area contributed by atoms with Crippen LogP contribution in [-0.2, 0) is 0 Å². The molecule has 134 valence electrons. The van der Waals surface area contributed by atoms with Gasteiger partial charge in [0.25, 0.3) is 0 Å². The van der Waals surface area contributed by atoms with Gasteiger partial charge in [0.2, 0.25) is 0 Å². The van der Waals surface area contributed by atoms with Crippen LogP contribution >= 0.6 is 0 Å². The Hall–Kier alpha value is -1.06. The summed E-state index contributed by atoms with van der Waals surface area (Å²) in [7, 11) is 0. The van der Waals surface area contributed by atoms with Crippen LogP contribution in [0.5, 0.6) is 5.75 Å². The predicted molar refractivity (Wildman–Crippen MR) is 97.7 cm³/mol. The molecule has 0 spiro atoms. The Labute approximate surface area is 147 Å². The summed E-state index contributed by atoms with van der Waals surface area (Å²) in [5.74, 6) is 2.27. The highest BCUT2D eigenvalue weighted by Crippen LogP contribution is 2.28. The second-order valence-electron chi connectivity index (χ2n) is 8.06. The third kappa shape index (κ3) is 4.31. The van der Waals surface area contributed by atoms with Gasteiger partial charge in [-0.25, -0.2) is 0 Å². The van der Waals surface area contributed by atoms with Gasteiger partial charge >= 0.3 is 0 Å². The first-order valence-electron chi connectivity index (χ1n) is 9.89. The van der Waals surface area contributed by atoms with Crippen molar-refractivity contribution < 1.29 is 14.7 Å². The molecule has 24 heavy (non-hydrogen) atoms. The summed E-state index contributed by atoms with van der Waals surface area (Å²) in [4.78, 5) is 1.62. The number of benzene rings is 1. The van der Waals surface area contributed by atoms with Crippen LogP contribution in [0.4, 0.5) is 0 Å². The molecule has 1 heterocycles. The van der Waals surface area contributed by atoms with Crippen LogP contribution in [0.15, 0.2) is 24.3 Å². The predicted octanol–water partition coefficient (Wildman–Crippen LogP) is 2.79. The van der Waals surface area contributed by atoms with Gasteiger partial charge in [0.15, 0.2) is 0 Å². The van der Waals surface area contributed by atoms with Crippen LogP contribution in [-0.4, -0.2) is 36.9 Å². The van der Waals surface area contributed by atoms with E-state index in [0.717, 1.165) is 24.3 Å². The Morgan fingerprint density at radius 2 is 1.88 bits per heavy atom. The van der Waals surface area contributed by atoms with E-state index in [-0.39, 0.29) is 6.10 Å². The van der Waals surface area contributed by atoms with E-state index < -0.39 is 0 Å². The molecule has 1 aliphatic carbocycles. The van der Waals surface area contributed by atoms with Gasteiger partial charge in [0.05, 0.1) is 12.6 Å². The van der Waals surface area contributed by atoms with E-state index >= 15 is 0 Å². The molecular weight excluding hydrogens is 298 g/mol. The number of ether oxygens (including phenoxy) is 1. The minimum absolute atomic E-state index is 0.374. The van der Waals surface area contributed by atoms with E-state index in [1.165, 1.54) is 50.6 Å². The Kier molecular flexibility index (Phi) is 6.18. The summed E-state index contributed by atoms with van der Waals surface area (Å²) in [6.45, 7) is 6.83. The van der Waals surface area contributed by atoms with Gasteiger partial charge in [-0.3, -0.25) is 0 Å². The Balaban J connectivity index is 1.53. The largest absolute Gasteiger partial charge is 0.490 e. The third-order valence-electron chi connectivity index (χ3n) is 5.98. The van der Waals surface area contributed by atoms with Crippen molar-refractivity contribution in [2.24, 2.45) is 5.92 Å². The Bertz CT molecular complexity index is 514. The summed E-state index contributed by atoms with van der Waals surface area (Å²) in [6.07, 6.45) is 7.89. The number of aliphatic hydroxyl groups excluding tert-OH is 1. The lowest BCUT2D eigenvalue weighted by molar-refractivity contribution is -0.939. The number of hydrogen-bond donors (Lipinski definition) is 2. The highest BCUT2D eigenvalue weighted by molar-refractivity contribution is 5.35. The highest BCUT2D eigenvalue weighted by atomic mass is 16.5. The summed E-state index contributed by atoms with van der Waals surface area (Å²) >= 11 is 0. The molecule has 3 heteroatoms. The van der Waals surface area contributed by atoms with Crippen molar-refractivity contribution in [2.45, 2.75) is 70.4 Å². The molecule has 4 atom stereocenters. The monoisotopic (exact) mass is 332 g/mol. The molecule has 3 nitrogen and oxygen atoms in total. The molecule has 1 aliphatic heterocycles. The molecule has 1 aromatic rings. The van der Waals surface area contributed by atoms with E-state index in [1.807, 2.05) is 12.1 Å². The van der Waals surface area contributed by atoms with E-state index in [0.29, 0.717) is 12.5 Å². The van der Waals surface area contributed by atoms with Crippen molar-refractivity contribution in [3.8, 4) is 5.75 Å². The third-order valence-corrected chi connectivity index (χ3v) is 5.98. The SMILES string of the molecule is CC(C)c1ccccc1OC[C@H](O)C[NH+]1CCC[C@H]2CCCC[C@@H]21. The average Bonchev–Trinajstić information content (AvgIpc) is 2.60. The number of nitrogens with one attached hydrogen (secondary N) is 1. The van der Waals surface area contributed by atoms with Crippen molar-refractivity contribution in [1.29, 1.82) is 0 Å². The van der Waals surface area contributed by atoms with Crippen LogP contribution in [0.25, 0.3) is 0 Å². The molecule has 1 saturated heterocycles. The summed E-state index contributed by atoms with van der Waals surface area (Å²) < 4.78 is 5.97. The standard InChI is InChI=1S/C21H33NO2/c1-16(2)19-10-4-6-12-21(19)24-15-18(23)14-22-13-7-9-17-8-3-5-11-20(17)22/h4,6,10,12,16-18,20,23H,3,5,7-9,11,13-15H2,1-2H3/p+1/t17-,18-,20+/m1/s1. The van der Waals surface area contributed by atoms with Crippen molar-refractivity contribution in [3.05, 3.63) is 29.8 Å². The number of rotatable bonds is 6. The fourth-order valence-electron chi connectivity index (χ4n) is 4.76. The first kappa shape index (κ1) is 17.8. The number of quaternary nitrogens is 1. The molecule has 2 aliphatic rings. The van der Waals surface area contributed by atoms with E-state index in [1.54, 1.807) is 4.90 Å². The zero-order valence-electron chi connectivity index (χ0n) is 15.3. The number of hydrogen-bond acceptors (Lipinski definition) is 2. The molecule has 0 amide bonds. The minimum atomic E-state index is -0.374. The quantitative estimate of drug-likeness (QED) is 0.840. The molecule has 2 fully saturated rings. The van der Waals surface area contributed by atoms with Gasteiger partial charge in [-0.1, -0.05) is 38.5 Å². The number of aliphatic hydroxyl groups is 1. The molecule has 1 saturated carbocycles. The lowest BCUT2D eigenvalue weighted by atomic mass is 9.78. The normalized spacial score (nSPS) is 28.4. The molecule has 2 N–H and O–H groups in total. The van der Waals surface area contributed by atoms with Crippen LogP contribution in [0.2, 0.25) is 0 Å². The fraction of sp³-hybridized carbons (Fsp3) is 0.714.